The van der Waals surface area contributed by atoms with Crippen molar-refractivity contribution in [1.29, 1.82) is 0 Å². The molecule has 0 bridgehead atoms. The van der Waals surface area contributed by atoms with Crippen LogP contribution >= 0.6 is 11.3 Å². The Morgan fingerprint density at radius 1 is 1.47 bits per heavy atom. The maximum absolute atomic E-state index is 11.9. The molecule has 0 spiro atoms. The fourth-order valence-electron chi connectivity index (χ4n) is 1.51. The molecule has 2 rings (SSSR count). The Morgan fingerprint density at radius 3 is 2.88 bits per heavy atom. The molecular weight excluding hydrogens is 236 g/mol. The van der Waals surface area contributed by atoms with Crippen molar-refractivity contribution in [2.24, 2.45) is 5.73 Å². The number of thiophene rings is 1. The third-order valence-corrected chi connectivity index (χ3v) is 3.42. The van der Waals surface area contributed by atoms with Crippen LogP contribution in [0.2, 0.25) is 0 Å². The van der Waals surface area contributed by atoms with Gasteiger partial charge in [0.2, 0.25) is 5.91 Å². The largest absolute Gasteiger partial charge is 0.467 e. The van der Waals surface area contributed by atoms with Crippen LogP contribution in [-0.4, -0.2) is 5.91 Å². The molecule has 0 fully saturated rings. The van der Waals surface area contributed by atoms with Gasteiger partial charge in [0.1, 0.15) is 11.8 Å². The standard InChI is InChI=1S/C12H14N2O2S/c1-8(9-4-2-6-16-9)14-12(15)11(13)10-5-3-7-17-10/h2-8,11H,13H2,1H3,(H,14,15)/t8-,11?/m0/s1. The van der Waals surface area contributed by atoms with Crippen molar-refractivity contribution in [2.75, 3.05) is 0 Å². The zero-order valence-corrected chi connectivity index (χ0v) is 10.2. The molecule has 2 aromatic rings. The van der Waals surface area contributed by atoms with Gasteiger partial charge in [0.15, 0.2) is 0 Å². The van der Waals surface area contributed by atoms with E-state index in [0.29, 0.717) is 0 Å². The highest BCUT2D eigenvalue weighted by atomic mass is 32.1. The van der Waals surface area contributed by atoms with Gasteiger partial charge in [0.05, 0.1) is 12.3 Å². The van der Waals surface area contributed by atoms with E-state index in [4.69, 9.17) is 10.2 Å². The predicted octanol–water partition coefficient (Wildman–Crippen LogP) is 2.22. The summed E-state index contributed by atoms with van der Waals surface area (Å²) in [6, 6.07) is 6.55. The van der Waals surface area contributed by atoms with Crippen molar-refractivity contribution in [1.82, 2.24) is 5.32 Å². The fraction of sp³-hybridized carbons (Fsp3) is 0.250. The van der Waals surface area contributed by atoms with Crippen molar-refractivity contribution >= 4 is 17.2 Å². The van der Waals surface area contributed by atoms with E-state index < -0.39 is 6.04 Å². The van der Waals surface area contributed by atoms with Crippen LogP contribution in [0.3, 0.4) is 0 Å². The smallest absolute Gasteiger partial charge is 0.242 e. The first-order valence-corrected chi connectivity index (χ1v) is 6.19. The molecule has 3 N–H and O–H groups in total. The number of furan rings is 1. The number of amides is 1. The van der Waals surface area contributed by atoms with Crippen molar-refractivity contribution in [2.45, 2.75) is 19.0 Å². The maximum atomic E-state index is 11.9. The van der Waals surface area contributed by atoms with Gasteiger partial charge in [-0.2, -0.15) is 0 Å². The summed E-state index contributed by atoms with van der Waals surface area (Å²) in [6.07, 6.45) is 1.58. The predicted molar refractivity (Wildman–Crippen MR) is 66.5 cm³/mol. The van der Waals surface area contributed by atoms with Gasteiger partial charge >= 0.3 is 0 Å². The lowest BCUT2D eigenvalue weighted by atomic mass is 10.2. The zero-order chi connectivity index (χ0) is 12.3. The summed E-state index contributed by atoms with van der Waals surface area (Å²) in [5.41, 5.74) is 5.85. The number of carbonyl (C=O) groups excluding carboxylic acids is 1. The number of rotatable bonds is 4. The number of nitrogens with two attached hydrogens (primary N) is 1. The van der Waals surface area contributed by atoms with Crippen LogP contribution < -0.4 is 11.1 Å². The van der Waals surface area contributed by atoms with Gasteiger partial charge in [-0.3, -0.25) is 4.79 Å². The molecule has 5 heteroatoms. The van der Waals surface area contributed by atoms with E-state index in [1.165, 1.54) is 11.3 Å². The first kappa shape index (κ1) is 11.9. The van der Waals surface area contributed by atoms with Gasteiger partial charge in [-0.1, -0.05) is 6.07 Å². The Labute approximate surface area is 103 Å². The molecule has 0 aliphatic rings. The van der Waals surface area contributed by atoms with Crippen LogP contribution in [0.25, 0.3) is 0 Å². The topological polar surface area (TPSA) is 68.3 Å². The highest BCUT2D eigenvalue weighted by Gasteiger charge is 2.19. The van der Waals surface area contributed by atoms with Crippen molar-refractivity contribution in [3.8, 4) is 0 Å². The molecule has 0 aliphatic heterocycles. The summed E-state index contributed by atoms with van der Waals surface area (Å²) in [6.45, 7) is 1.86. The summed E-state index contributed by atoms with van der Waals surface area (Å²) >= 11 is 1.47. The quantitative estimate of drug-likeness (QED) is 0.874. The Kier molecular flexibility index (Phi) is 3.61. The Hall–Kier alpha value is -1.59. The third-order valence-electron chi connectivity index (χ3n) is 2.46. The number of carbonyl (C=O) groups is 1. The monoisotopic (exact) mass is 250 g/mol. The van der Waals surface area contributed by atoms with E-state index in [-0.39, 0.29) is 11.9 Å². The van der Waals surface area contributed by atoms with Gasteiger partial charge in [-0.05, 0) is 30.5 Å². The minimum atomic E-state index is -0.618. The van der Waals surface area contributed by atoms with Gasteiger partial charge in [0, 0.05) is 4.88 Å². The highest BCUT2D eigenvalue weighted by molar-refractivity contribution is 7.10. The molecule has 0 aromatic carbocycles. The van der Waals surface area contributed by atoms with Crippen LogP contribution in [0, 0.1) is 0 Å². The van der Waals surface area contributed by atoms with Gasteiger partial charge < -0.3 is 15.5 Å². The maximum Gasteiger partial charge on any atom is 0.242 e. The Balaban J connectivity index is 1.98. The lowest BCUT2D eigenvalue weighted by Crippen LogP contribution is -2.35. The summed E-state index contributed by atoms with van der Waals surface area (Å²) in [7, 11) is 0. The van der Waals surface area contributed by atoms with E-state index in [1.54, 1.807) is 12.3 Å². The second-order valence-electron chi connectivity index (χ2n) is 3.74. The molecule has 4 nitrogen and oxygen atoms in total. The van der Waals surface area contributed by atoms with E-state index in [1.807, 2.05) is 30.5 Å². The highest BCUT2D eigenvalue weighted by Crippen LogP contribution is 2.19. The molecule has 0 saturated heterocycles. The van der Waals surface area contributed by atoms with E-state index in [9.17, 15) is 4.79 Å². The molecule has 90 valence electrons. The molecule has 17 heavy (non-hydrogen) atoms. The average Bonchev–Trinajstić information content (AvgIpc) is 3.00. The van der Waals surface area contributed by atoms with Crippen LogP contribution in [0.1, 0.15) is 29.6 Å². The second kappa shape index (κ2) is 5.16. The second-order valence-corrected chi connectivity index (χ2v) is 4.72. The summed E-state index contributed by atoms with van der Waals surface area (Å²) in [5.74, 6) is 0.521. The van der Waals surface area contributed by atoms with E-state index in [0.717, 1.165) is 10.6 Å². The lowest BCUT2D eigenvalue weighted by Gasteiger charge is -2.15. The molecule has 0 saturated carbocycles. The minimum Gasteiger partial charge on any atom is -0.467 e. The average molecular weight is 250 g/mol. The molecule has 1 amide bonds. The Bertz CT molecular complexity index is 465. The number of nitrogens with one attached hydrogen (secondary N) is 1. The molecule has 2 heterocycles. The Morgan fingerprint density at radius 2 is 2.29 bits per heavy atom. The fourth-order valence-corrected chi connectivity index (χ4v) is 2.23. The normalized spacial score (nSPS) is 14.2. The molecule has 1 unspecified atom stereocenters. The number of hydrogen-bond donors (Lipinski definition) is 2. The van der Waals surface area contributed by atoms with Gasteiger partial charge in [-0.25, -0.2) is 0 Å². The SMILES string of the molecule is C[C@H](NC(=O)C(N)c1cccs1)c1ccco1. The summed E-state index contributed by atoms with van der Waals surface area (Å²) in [5, 5.41) is 4.72. The molecular formula is C12H14N2O2S. The van der Waals surface area contributed by atoms with E-state index in [2.05, 4.69) is 5.32 Å². The van der Waals surface area contributed by atoms with Crippen LogP contribution in [0.4, 0.5) is 0 Å². The van der Waals surface area contributed by atoms with Crippen molar-refractivity contribution in [3.05, 3.63) is 46.5 Å². The lowest BCUT2D eigenvalue weighted by molar-refractivity contribution is -0.123. The minimum absolute atomic E-state index is 0.177. The van der Waals surface area contributed by atoms with Crippen molar-refractivity contribution in [3.63, 3.8) is 0 Å². The molecule has 0 radical (unpaired) electrons. The summed E-state index contributed by atoms with van der Waals surface area (Å²) in [4.78, 5) is 12.7. The van der Waals surface area contributed by atoms with Crippen molar-refractivity contribution < 1.29 is 9.21 Å². The van der Waals surface area contributed by atoms with Crippen LogP contribution in [0.15, 0.2) is 40.3 Å². The first-order valence-electron chi connectivity index (χ1n) is 5.31. The van der Waals surface area contributed by atoms with E-state index >= 15 is 0 Å². The first-order chi connectivity index (χ1) is 8.18. The summed E-state index contributed by atoms with van der Waals surface area (Å²) < 4.78 is 5.21. The van der Waals surface area contributed by atoms with Gasteiger partial charge in [0.25, 0.3) is 0 Å². The molecule has 0 aliphatic carbocycles. The molecule has 2 atom stereocenters. The van der Waals surface area contributed by atoms with Crippen LogP contribution in [0.5, 0.6) is 0 Å². The third kappa shape index (κ3) is 2.75. The zero-order valence-electron chi connectivity index (χ0n) is 9.42. The number of hydrogen-bond acceptors (Lipinski definition) is 4. The molecule has 2 aromatic heterocycles. The van der Waals surface area contributed by atoms with Crippen LogP contribution in [-0.2, 0) is 4.79 Å². The van der Waals surface area contributed by atoms with Gasteiger partial charge in [-0.15, -0.1) is 11.3 Å².